The zero-order chi connectivity index (χ0) is 13.8. The lowest BCUT2D eigenvalue weighted by atomic mass is 10.1. The van der Waals surface area contributed by atoms with Crippen LogP contribution in [-0.2, 0) is 4.74 Å². The van der Waals surface area contributed by atoms with Crippen LogP contribution < -0.4 is 5.32 Å². The molecule has 1 aromatic carbocycles. The normalized spacial score (nSPS) is 18.3. The standard InChI is InChI=1S/C12H13ClN2O4/c13-8-3-4-11(15(17)18)10(6-8)12(16)14-7-9-2-1-5-19-9/h3-4,6,9H,1-2,5,7H2,(H,14,16)/t9-/m1/s1. The molecule has 1 aromatic rings. The van der Waals surface area contributed by atoms with Crippen LogP contribution in [0.3, 0.4) is 0 Å². The minimum absolute atomic E-state index is 0.0119. The van der Waals surface area contributed by atoms with Crippen LogP contribution in [0.25, 0.3) is 0 Å². The number of nitro groups is 1. The summed E-state index contributed by atoms with van der Waals surface area (Å²) in [5, 5.41) is 13.8. The summed E-state index contributed by atoms with van der Waals surface area (Å²) in [6.07, 6.45) is 1.85. The van der Waals surface area contributed by atoms with Crippen LogP contribution in [0.2, 0.25) is 5.02 Å². The smallest absolute Gasteiger partial charge is 0.282 e. The monoisotopic (exact) mass is 284 g/mol. The van der Waals surface area contributed by atoms with Crippen LogP contribution in [-0.4, -0.2) is 30.1 Å². The lowest BCUT2D eigenvalue weighted by Crippen LogP contribution is -2.32. The fourth-order valence-electron chi connectivity index (χ4n) is 1.96. The maximum Gasteiger partial charge on any atom is 0.282 e. The van der Waals surface area contributed by atoms with E-state index in [1.165, 1.54) is 18.2 Å². The third-order valence-electron chi connectivity index (χ3n) is 2.91. The third kappa shape index (κ3) is 3.42. The van der Waals surface area contributed by atoms with Crippen molar-refractivity contribution in [3.8, 4) is 0 Å². The summed E-state index contributed by atoms with van der Waals surface area (Å²) in [5.41, 5.74) is -0.287. The molecule has 0 saturated carbocycles. The Kier molecular flexibility index (Phi) is 4.34. The molecule has 0 aliphatic carbocycles. The van der Waals surface area contributed by atoms with E-state index in [9.17, 15) is 14.9 Å². The van der Waals surface area contributed by atoms with Crippen molar-refractivity contribution in [3.05, 3.63) is 38.9 Å². The van der Waals surface area contributed by atoms with Gasteiger partial charge in [-0.15, -0.1) is 0 Å². The van der Waals surface area contributed by atoms with Gasteiger partial charge in [0.15, 0.2) is 0 Å². The number of nitrogens with one attached hydrogen (secondary N) is 1. The van der Waals surface area contributed by atoms with Crippen molar-refractivity contribution in [2.75, 3.05) is 13.2 Å². The second kappa shape index (κ2) is 5.99. The molecule has 102 valence electrons. The SMILES string of the molecule is O=C(NC[C@H]1CCCO1)c1cc(Cl)ccc1[N+](=O)[O-]. The molecule has 7 heteroatoms. The summed E-state index contributed by atoms with van der Waals surface area (Å²) in [6, 6.07) is 3.91. The van der Waals surface area contributed by atoms with Gasteiger partial charge in [0.1, 0.15) is 5.56 Å². The van der Waals surface area contributed by atoms with Gasteiger partial charge >= 0.3 is 0 Å². The molecule has 1 saturated heterocycles. The van der Waals surface area contributed by atoms with E-state index in [0.29, 0.717) is 13.2 Å². The van der Waals surface area contributed by atoms with Gasteiger partial charge in [-0.25, -0.2) is 0 Å². The second-order valence-corrected chi connectivity index (χ2v) is 4.70. The molecule has 1 amide bonds. The Labute approximate surface area is 114 Å². The van der Waals surface area contributed by atoms with Gasteiger partial charge in [0.05, 0.1) is 11.0 Å². The van der Waals surface area contributed by atoms with Crippen LogP contribution in [0.5, 0.6) is 0 Å². The summed E-state index contributed by atoms with van der Waals surface area (Å²) < 4.78 is 5.37. The lowest BCUT2D eigenvalue weighted by molar-refractivity contribution is -0.385. The van der Waals surface area contributed by atoms with Crippen LogP contribution >= 0.6 is 11.6 Å². The van der Waals surface area contributed by atoms with E-state index in [4.69, 9.17) is 16.3 Å². The first kappa shape index (κ1) is 13.8. The molecule has 2 rings (SSSR count). The molecule has 6 nitrogen and oxygen atoms in total. The quantitative estimate of drug-likeness (QED) is 0.678. The molecular formula is C12H13ClN2O4. The Morgan fingerprint density at radius 2 is 2.37 bits per heavy atom. The third-order valence-corrected chi connectivity index (χ3v) is 3.15. The maximum absolute atomic E-state index is 11.9. The topological polar surface area (TPSA) is 81.5 Å². The molecule has 0 bridgehead atoms. The highest BCUT2D eigenvalue weighted by molar-refractivity contribution is 6.31. The summed E-state index contributed by atoms with van der Waals surface area (Å²) in [7, 11) is 0. The lowest BCUT2D eigenvalue weighted by Gasteiger charge is -2.11. The Morgan fingerprint density at radius 3 is 3.00 bits per heavy atom. The van der Waals surface area contributed by atoms with E-state index in [1.807, 2.05) is 0 Å². The molecular weight excluding hydrogens is 272 g/mol. The van der Waals surface area contributed by atoms with E-state index in [2.05, 4.69) is 5.32 Å². The predicted molar refractivity (Wildman–Crippen MR) is 69.4 cm³/mol. The molecule has 0 spiro atoms. The molecule has 1 heterocycles. The van der Waals surface area contributed by atoms with Gasteiger partial charge < -0.3 is 10.1 Å². The Bertz CT molecular complexity index is 501. The number of halogens is 1. The molecule has 19 heavy (non-hydrogen) atoms. The van der Waals surface area contributed by atoms with Crippen molar-refractivity contribution in [2.24, 2.45) is 0 Å². The first-order valence-corrected chi connectivity index (χ1v) is 6.29. The van der Waals surface area contributed by atoms with Crippen molar-refractivity contribution >= 4 is 23.2 Å². The van der Waals surface area contributed by atoms with E-state index in [1.54, 1.807) is 0 Å². The van der Waals surface area contributed by atoms with Crippen LogP contribution in [0.4, 0.5) is 5.69 Å². The molecule has 1 atom stereocenters. The zero-order valence-corrected chi connectivity index (χ0v) is 10.9. The van der Waals surface area contributed by atoms with Crippen LogP contribution in [0.1, 0.15) is 23.2 Å². The summed E-state index contributed by atoms with van der Waals surface area (Å²) in [6.45, 7) is 1.04. The van der Waals surface area contributed by atoms with Gasteiger partial charge in [-0.2, -0.15) is 0 Å². The fraction of sp³-hybridized carbons (Fsp3) is 0.417. The van der Waals surface area contributed by atoms with E-state index < -0.39 is 10.8 Å². The summed E-state index contributed by atoms with van der Waals surface area (Å²) in [4.78, 5) is 22.2. The van der Waals surface area contributed by atoms with Crippen molar-refractivity contribution in [1.29, 1.82) is 0 Å². The minimum Gasteiger partial charge on any atom is -0.376 e. The van der Waals surface area contributed by atoms with Crippen LogP contribution in [0, 0.1) is 10.1 Å². The summed E-state index contributed by atoms with van der Waals surface area (Å²) in [5.74, 6) is -0.510. The van der Waals surface area contributed by atoms with Gasteiger partial charge in [-0.3, -0.25) is 14.9 Å². The Morgan fingerprint density at radius 1 is 1.58 bits per heavy atom. The molecule has 0 unspecified atom stereocenters. The van der Waals surface area contributed by atoms with Gasteiger partial charge in [0.2, 0.25) is 0 Å². The maximum atomic E-state index is 11.9. The number of ether oxygens (including phenoxy) is 1. The largest absolute Gasteiger partial charge is 0.376 e. The molecule has 0 radical (unpaired) electrons. The molecule has 0 aromatic heterocycles. The predicted octanol–water partition coefficient (Wildman–Crippen LogP) is 2.16. The average molecular weight is 285 g/mol. The fourth-order valence-corrected chi connectivity index (χ4v) is 2.13. The number of carbonyl (C=O) groups excluding carboxylic acids is 1. The molecule has 1 N–H and O–H groups in total. The zero-order valence-electron chi connectivity index (χ0n) is 10.1. The number of amides is 1. The highest BCUT2D eigenvalue weighted by atomic mass is 35.5. The number of carbonyl (C=O) groups is 1. The number of hydrogen-bond donors (Lipinski definition) is 1. The second-order valence-electron chi connectivity index (χ2n) is 4.26. The number of benzene rings is 1. The highest BCUT2D eigenvalue weighted by Crippen LogP contribution is 2.22. The first-order valence-electron chi connectivity index (χ1n) is 5.91. The van der Waals surface area contributed by atoms with Crippen molar-refractivity contribution in [3.63, 3.8) is 0 Å². The van der Waals surface area contributed by atoms with Crippen molar-refractivity contribution in [2.45, 2.75) is 18.9 Å². The van der Waals surface area contributed by atoms with E-state index in [-0.39, 0.29) is 22.4 Å². The molecule has 1 fully saturated rings. The Hall–Kier alpha value is -1.66. The van der Waals surface area contributed by atoms with E-state index in [0.717, 1.165) is 12.8 Å². The van der Waals surface area contributed by atoms with Gasteiger partial charge in [-0.05, 0) is 25.0 Å². The Balaban J connectivity index is 2.08. The van der Waals surface area contributed by atoms with Gasteiger partial charge in [-0.1, -0.05) is 11.6 Å². The number of nitrogens with zero attached hydrogens (tertiary/aromatic N) is 1. The molecule has 1 aliphatic rings. The summed E-state index contributed by atoms with van der Waals surface area (Å²) >= 11 is 5.77. The first-order chi connectivity index (χ1) is 9.08. The molecule has 1 aliphatic heterocycles. The number of rotatable bonds is 4. The van der Waals surface area contributed by atoms with Gasteiger partial charge in [0, 0.05) is 24.2 Å². The van der Waals surface area contributed by atoms with Crippen molar-refractivity contribution < 1.29 is 14.5 Å². The van der Waals surface area contributed by atoms with Crippen molar-refractivity contribution in [1.82, 2.24) is 5.32 Å². The number of hydrogen-bond acceptors (Lipinski definition) is 4. The number of nitro benzene ring substituents is 1. The minimum atomic E-state index is -0.600. The van der Waals surface area contributed by atoms with E-state index >= 15 is 0 Å². The average Bonchev–Trinajstić information content (AvgIpc) is 2.88. The van der Waals surface area contributed by atoms with Gasteiger partial charge in [0.25, 0.3) is 11.6 Å². The van der Waals surface area contributed by atoms with Crippen LogP contribution in [0.15, 0.2) is 18.2 Å². The highest BCUT2D eigenvalue weighted by Gasteiger charge is 2.22.